The Morgan fingerprint density at radius 3 is 2.76 bits per heavy atom. The lowest BCUT2D eigenvalue weighted by molar-refractivity contribution is -0.119. The Bertz CT molecular complexity index is 497. The van der Waals surface area contributed by atoms with Crippen LogP contribution in [0.25, 0.3) is 0 Å². The fourth-order valence-corrected chi connectivity index (χ4v) is 2.97. The van der Waals surface area contributed by atoms with E-state index in [1.807, 2.05) is 17.2 Å². The maximum Gasteiger partial charge on any atom is 0.315 e. The summed E-state index contributed by atoms with van der Waals surface area (Å²) >= 11 is 1.57. The third-order valence-electron chi connectivity index (χ3n) is 3.40. The standard InChI is InChI=1S/C13H21N5O2S/c1-9-16-11(8-21-9)6-15-13(20)17-10-2-4-18(5-3-10)7-12(14)19/h8,10H,2-7H2,1H3,(H2,14,19)(H2,15,17,20). The van der Waals surface area contributed by atoms with Gasteiger partial charge in [0.1, 0.15) is 0 Å². The van der Waals surface area contributed by atoms with Crippen molar-refractivity contribution in [3.63, 3.8) is 0 Å². The van der Waals surface area contributed by atoms with Gasteiger partial charge < -0.3 is 16.4 Å². The lowest BCUT2D eigenvalue weighted by Gasteiger charge is -2.31. The summed E-state index contributed by atoms with van der Waals surface area (Å²) in [5.41, 5.74) is 6.05. The molecule has 4 N–H and O–H groups in total. The number of urea groups is 1. The van der Waals surface area contributed by atoms with Crippen LogP contribution in [0.1, 0.15) is 23.5 Å². The molecule has 2 rings (SSSR count). The first kappa shape index (κ1) is 15.7. The summed E-state index contributed by atoms with van der Waals surface area (Å²) in [6.45, 7) is 4.23. The van der Waals surface area contributed by atoms with Crippen molar-refractivity contribution >= 4 is 23.3 Å². The predicted molar refractivity (Wildman–Crippen MR) is 80.9 cm³/mol. The van der Waals surface area contributed by atoms with Gasteiger partial charge in [0.15, 0.2) is 0 Å². The number of nitrogens with one attached hydrogen (secondary N) is 2. The molecule has 0 bridgehead atoms. The van der Waals surface area contributed by atoms with Crippen LogP contribution in [0.5, 0.6) is 0 Å². The highest BCUT2D eigenvalue weighted by atomic mass is 32.1. The van der Waals surface area contributed by atoms with Gasteiger partial charge in [0.25, 0.3) is 0 Å². The number of aryl methyl sites for hydroxylation is 1. The quantitative estimate of drug-likeness (QED) is 0.723. The van der Waals surface area contributed by atoms with E-state index in [2.05, 4.69) is 15.6 Å². The van der Waals surface area contributed by atoms with Crippen LogP contribution in [0.4, 0.5) is 4.79 Å². The Morgan fingerprint density at radius 2 is 2.19 bits per heavy atom. The lowest BCUT2D eigenvalue weighted by Crippen LogP contribution is -2.49. The maximum atomic E-state index is 11.8. The molecule has 0 saturated carbocycles. The van der Waals surface area contributed by atoms with Crippen LogP contribution < -0.4 is 16.4 Å². The van der Waals surface area contributed by atoms with Gasteiger partial charge in [-0.25, -0.2) is 9.78 Å². The number of amides is 3. The number of aromatic nitrogens is 1. The summed E-state index contributed by atoms with van der Waals surface area (Å²) in [5.74, 6) is -0.308. The molecule has 0 aromatic carbocycles. The fraction of sp³-hybridized carbons (Fsp3) is 0.615. The second-order valence-electron chi connectivity index (χ2n) is 5.20. The Labute approximate surface area is 127 Å². The average molecular weight is 311 g/mol. The topological polar surface area (TPSA) is 100 Å². The molecule has 0 spiro atoms. The summed E-state index contributed by atoms with van der Waals surface area (Å²) < 4.78 is 0. The lowest BCUT2D eigenvalue weighted by atomic mass is 10.1. The number of thiazole rings is 1. The van der Waals surface area contributed by atoms with Crippen molar-refractivity contribution in [1.82, 2.24) is 20.5 Å². The van der Waals surface area contributed by atoms with E-state index >= 15 is 0 Å². The van der Waals surface area contributed by atoms with Gasteiger partial charge in [-0.05, 0) is 19.8 Å². The van der Waals surface area contributed by atoms with Gasteiger partial charge in [-0.2, -0.15) is 0 Å². The van der Waals surface area contributed by atoms with Crippen LogP contribution in [0.15, 0.2) is 5.38 Å². The van der Waals surface area contributed by atoms with Gasteiger partial charge in [-0.1, -0.05) is 0 Å². The molecule has 3 amide bonds. The molecule has 1 aromatic rings. The van der Waals surface area contributed by atoms with Crippen LogP contribution in [0, 0.1) is 6.92 Å². The number of hydrogen-bond acceptors (Lipinski definition) is 5. The molecule has 116 valence electrons. The van der Waals surface area contributed by atoms with Crippen molar-refractivity contribution in [3.8, 4) is 0 Å². The average Bonchev–Trinajstić information content (AvgIpc) is 2.84. The molecule has 1 fully saturated rings. The maximum absolute atomic E-state index is 11.8. The van der Waals surface area contributed by atoms with Crippen molar-refractivity contribution < 1.29 is 9.59 Å². The summed E-state index contributed by atoms with van der Waals surface area (Å²) in [7, 11) is 0. The predicted octanol–water partition coefficient (Wildman–Crippen LogP) is 0.200. The zero-order chi connectivity index (χ0) is 15.2. The number of primary amides is 1. The first-order valence-corrected chi connectivity index (χ1v) is 7.87. The van der Waals surface area contributed by atoms with E-state index in [-0.39, 0.29) is 18.0 Å². The second-order valence-corrected chi connectivity index (χ2v) is 6.26. The van der Waals surface area contributed by atoms with E-state index in [0.717, 1.165) is 36.6 Å². The molecule has 7 nitrogen and oxygen atoms in total. The Kier molecular flexibility index (Phi) is 5.51. The Balaban J connectivity index is 1.66. The normalized spacial score (nSPS) is 16.6. The van der Waals surface area contributed by atoms with Crippen LogP contribution in [-0.4, -0.2) is 47.5 Å². The molecule has 0 unspecified atom stereocenters. The summed E-state index contributed by atoms with van der Waals surface area (Å²) in [6.07, 6.45) is 1.66. The van der Waals surface area contributed by atoms with Crippen molar-refractivity contribution in [3.05, 3.63) is 16.1 Å². The van der Waals surface area contributed by atoms with E-state index in [0.29, 0.717) is 13.1 Å². The molecule has 0 aliphatic carbocycles. The number of carbonyl (C=O) groups excluding carboxylic acids is 2. The number of piperidine rings is 1. The van der Waals surface area contributed by atoms with Crippen LogP contribution in [0.3, 0.4) is 0 Å². The highest BCUT2D eigenvalue weighted by Crippen LogP contribution is 2.10. The first-order valence-electron chi connectivity index (χ1n) is 6.99. The highest BCUT2D eigenvalue weighted by Gasteiger charge is 2.21. The van der Waals surface area contributed by atoms with Crippen molar-refractivity contribution in [2.75, 3.05) is 19.6 Å². The zero-order valence-corrected chi connectivity index (χ0v) is 12.9. The number of carbonyl (C=O) groups is 2. The van der Waals surface area contributed by atoms with E-state index in [1.54, 1.807) is 11.3 Å². The molecule has 0 atom stereocenters. The summed E-state index contributed by atoms with van der Waals surface area (Å²) in [5, 5.41) is 8.70. The third kappa shape index (κ3) is 5.31. The number of rotatable bonds is 5. The monoisotopic (exact) mass is 311 g/mol. The van der Waals surface area contributed by atoms with Gasteiger partial charge in [-0.15, -0.1) is 11.3 Å². The minimum atomic E-state index is -0.308. The van der Waals surface area contributed by atoms with Gasteiger partial charge in [0.2, 0.25) is 5.91 Å². The van der Waals surface area contributed by atoms with Crippen LogP contribution in [0.2, 0.25) is 0 Å². The molecular weight excluding hydrogens is 290 g/mol. The van der Waals surface area contributed by atoms with Crippen LogP contribution in [-0.2, 0) is 11.3 Å². The molecule has 0 radical (unpaired) electrons. The van der Waals surface area contributed by atoms with Crippen LogP contribution >= 0.6 is 11.3 Å². The van der Waals surface area contributed by atoms with E-state index in [1.165, 1.54) is 0 Å². The second kappa shape index (κ2) is 7.37. The molecular formula is C13H21N5O2S. The molecule has 1 aliphatic rings. The minimum Gasteiger partial charge on any atom is -0.369 e. The summed E-state index contributed by atoms with van der Waals surface area (Å²) in [6, 6.07) is -0.0275. The molecule has 1 aliphatic heterocycles. The molecule has 1 aromatic heterocycles. The van der Waals surface area contributed by atoms with E-state index < -0.39 is 0 Å². The largest absolute Gasteiger partial charge is 0.369 e. The molecule has 21 heavy (non-hydrogen) atoms. The minimum absolute atomic E-state index is 0.145. The zero-order valence-electron chi connectivity index (χ0n) is 12.1. The molecule has 8 heteroatoms. The van der Waals surface area contributed by atoms with Crippen molar-refractivity contribution in [2.24, 2.45) is 5.73 Å². The smallest absolute Gasteiger partial charge is 0.315 e. The summed E-state index contributed by atoms with van der Waals surface area (Å²) in [4.78, 5) is 29.0. The van der Waals surface area contributed by atoms with Crippen molar-refractivity contribution in [2.45, 2.75) is 32.4 Å². The van der Waals surface area contributed by atoms with Gasteiger partial charge in [-0.3, -0.25) is 9.69 Å². The molecule has 2 heterocycles. The van der Waals surface area contributed by atoms with Gasteiger partial charge >= 0.3 is 6.03 Å². The first-order chi connectivity index (χ1) is 10.0. The van der Waals surface area contributed by atoms with E-state index in [9.17, 15) is 9.59 Å². The number of hydrogen-bond donors (Lipinski definition) is 3. The Morgan fingerprint density at radius 1 is 1.48 bits per heavy atom. The Hall–Kier alpha value is -1.67. The number of nitrogens with zero attached hydrogens (tertiary/aromatic N) is 2. The van der Waals surface area contributed by atoms with Crippen molar-refractivity contribution in [1.29, 1.82) is 0 Å². The molecule has 1 saturated heterocycles. The highest BCUT2D eigenvalue weighted by molar-refractivity contribution is 7.09. The SMILES string of the molecule is Cc1nc(CNC(=O)NC2CCN(CC(N)=O)CC2)cs1. The third-order valence-corrected chi connectivity index (χ3v) is 4.22. The van der Waals surface area contributed by atoms with Gasteiger partial charge in [0, 0.05) is 24.5 Å². The number of likely N-dealkylation sites (tertiary alicyclic amines) is 1. The number of nitrogens with two attached hydrogens (primary N) is 1. The van der Waals surface area contributed by atoms with Gasteiger partial charge in [0.05, 0.1) is 23.8 Å². The van der Waals surface area contributed by atoms with E-state index in [4.69, 9.17) is 5.73 Å². The fourth-order valence-electron chi connectivity index (χ4n) is 2.35.